The summed E-state index contributed by atoms with van der Waals surface area (Å²) in [5, 5.41) is 3.54. The second kappa shape index (κ2) is 4.63. The van der Waals surface area contributed by atoms with Crippen molar-refractivity contribution in [2.75, 3.05) is 7.11 Å². The van der Waals surface area contributed by atoms with Gasteiger partial charge in [0.25, 0.3) is 0 Å². The van der Waals surface area contributed by atoms with E-state index in [4.69, 9.17) is 9.47 Å². The molecule has 1 aromatic heterocycles. The fourth-order valence-electron chi connectivity index (χ4n) is 2.76. The lowest BCUT2D eigenvalue weighted by Gasteiger charge is -2.19. The van der Waals surface area contributed by atoms with Crippen molar-refractivity contribution < 1.29 is 9.47 Å². The van der Waals surface area contributed by atoms with E-state index in [0.717, 1.165) is 18.7 Å². The zero-order valence-electron chi connectivity index (χ0n) is 10.1. The van der Waals surface area contributed by atoms with Crippen LogP contribution in [0, 0.1) is 0 Å². The van der Waals surface area contributed by atoms with E-state index in [0.29, 0.717) is 24.1 Å². The molecule has 4 heteroatoms. The normalized spacial score (nSPS) is 30.8. The van der Waals surface area contributed by atoms with Crippen molar-refractivity contribution in [1.82, 2.24) is 10.3 Å². The Labute approximate surface area is 101 Å². The predicted molar refractivity (Wildman–Crippen MR) is 63.9 cm³/mol. The number of nitrogens with one attached hydrogen (secondary N) is 1. The average molecular weight is 234 g/mol. The second-order valence-electron chi connectivity index (χ2n) is 4.77. The number of hydrogen-bond donors (Lipinski definition) is 1. The van der Waals surface area contributed by atoms with E-state index < -0.39 is 0 Å². The van der Waals surface area contributed by atoms with Crippen LogP contribution in [0.4, 0.5) is 0 Å². The minimum absolute atomic E-state index is 0.422. The van der Waals surface area contributed by atoms with Crippen LogP contribution in [-0.4, -0.2) is 30.3 Å². The van der Waals surface area contributed by atoms with Crippen molar-refractivity contribution in [3.05, 3.63) is 23.9 Å². The Morgan fingerprint density at radius 3 is 3.12 bits per heavy atom. The van der Waals surface area contributed by atoms with Gasteiger partial charge >= 0.3 is 0 Å². The van der Waals surface area contributed by atoms with Crippen LogP contribution in [0.25, 0.3) is 0 Å². The first-order valence-corrected chi connectivity index (χ1v) is 6.24. The van der Waals surface area contributed by atoms with E-state index in [-0.39, 0.29) is 0 Å². The molecule has 2 bridgehead atoms. The number of hydrogen-bond acceptors (Lipinski definition) is 4. The Morgan fingerprint density at radius 1 is 1.47 bits per heavy atom. The fourth-order valence-corrected chi connectivity index (χ4v) is 2.76. The highest BCUT2D eigenvalue weighted by Crippen LogP contribution is 2.34. The number of fused-ring (bicyclic) bond motifs is 2. The van der Waals surface area contributed by atoms with Crippen molar-refractivity contribution in [1.29, 1.82) is 0 Å². The van der Waals surface area contributed by atoms with Crippen LogP contribution in [0.5, 0.6) is 5.88 Å². The topological polar surface area (TPSA) is 43.4 Å². The van der Waals surface area contributed by atoms with Gasteiger partial charge in [-0.15, -0.1) is 0 Å². The van der Waals surface area contributed by atoms with Gasteiger partial charge in [-0.1, -0.05) is 6.07 Å². The second-order valence-corrected chi connectivity index (χ2v) is 4.77. The largest absolute Gasteiger partial charge is 0.481 e. The van der Waals surface area contributed by atoms with Crippen LogP contribution < -0.4 is 10.1 Å². The van der Waals surface area contributed by atoms with Crippen LogP contribution in [0.15, 0.2) is 18.2 Å². The molecule has 92 valence electrons. The minimum Gasteiger partial charge on any atom is -0.481 e. The molecule has 0 spiro atoms. The summed E-state index contributed by atoms with van der Waals surface area (Å²) in [7, 11) is 1.64. The maximum atomic E-state index is 5.81. The number of methoxy groups -OCH3 is 1. The van der Waals surface area contributed by atoms with Gasteiger partial charge in [-0.2, -0.15) is 0 Å². The maximum absolute atomic E-state index is 5.81. The van der Waals surface area contributed by atoms with Gasteiger partial charge in [-0.05, 0) is 25.3 Å². The summed E-state index contributed by atoms with van der Waals surface area (Å²) in [5.41, 5.74) is 1.02. The Bertz CT molecular complexity index is 397. The molecule has 2 aliphatic heterocycles. The van der Waals surface area contributed by atoms with Crippen LogP contribution in [0.3, 0.4) is 0 Å². The highest BCUT2D eigenvalue weighted by Gasteiger charge is 2.40. The highest BCUT2D eigenvalue weighted by molar-refractivity contribution is 5.15. The Balaban J connectivity index is 1.56. The Hall–Kier alpha value is -1.13. The SMILES string of the molecule is COc1cccc(CNC2CC3CCC2O3)n1. The molecule has 17 heavy (non-hydrogen) atoms. The van der Waals surface area contributed by atoms with E-state index in [1.807, 2.05) is 18.2 Å². The first-order chi connectivity index (χ1) is 8.35. The van der Waals surface area contributed by atoms with Crippen molar-refractivity contribution in [2.45, 2.75) is 44.1 Å². The van der Waals surface area contributed by atoms with Gasteiger partial charge in [-0.25, -0.2) is 4.98 Å². The van der Waals surface area contributed by atoms with Crippen LogP contribution in [0.1, 0.15) is 25.0 Å². The third kappa shape index (κ3) is 2.28. The molecular formula is C13H18N2O2. The molecule has 1 aromatic rings. The van der Waals surface area contributed by atoms with E-state index in [2.05, 4.69) is 10.3 Å². The number of pyridine rings is 1. The fraction of sp³-hybridized carbons (Fsp3) is 0.615. The van der Waals surface area contributed by atoms with Crippen LogP contribution >= 0.6 is 0 Å². The summed E-state index contributed by atoms with van der Waals surface area (Å²) >= 11 is 0. The van der Waals surface area contributed by atoms with Gasteiger partial charge in [0.05, 0.1) is 25.0 Å². The molecule has 1 N–H and O–H groups in total. The van der Waals surface area contributed by atoms with E-state index >= 15 is 0 Å². The third-order valence-electron chi connectivity index (χ3n) is 3.64. The lowest BCUT2D eigenvalue weighted by atomic mass is 9.95. The first-order valence-electron chi connectivity index (χ1n) is 6.24. The molecule has 2 saturated heterocycles. The van der Waals surface area contributed by atoms with Gasteiger partial charge < -0.3 is 14.8 Å². The van der Waals surface area contributed by atoms with E-state index in [1.54, 1.807) is 7.11 Å². The summed E-state index contributed by atoms with van der Waals surface area (Å²) < 4.78 is 10.9. The monoisotopic (exact) mass is 234 g/mol. The van der Waals surface area contributed by atoms with Gasteiger partial charge in [0, 0.05) is 18.7 Å². The minimum atomic E-state index is 0.422. The number of rotatable bonds is 4. The maximum Gasteiger partial charge on any atom is 0.213 e. The summed E-state index contributed by atoms with van der Waals surface area (Å²) in [5.74, 6) is 0.675. The zero-order valence-corrected chi connectivity index (χ0v) is 10.1. The molecule has 3 atom stereocenters. The predicted octanol–water partition coefficient (Wildman–Crippen LogP) is 1.50. The van der Waals surface area contributed by atoms with Gasteiger partial charge in [0.1, 0.15) is 0 Å². The molecule has 3 rings (SSSR count). The first kappa shape index (κ1) is 11.0. The molecule has 0 aromatic carbocycles. The molecular weight excluding hydrogens is 216 g/mol. The number of aromatic nitrogens is 1. The molecule has 3 unspecified atom stereocenters. The van der Waals surface area contributed by atoms with Crippen LogP contribution in [-0.2, 0) is 11.3 Å². The molecule has 2 aliphatic rings. The summed E-state index contributed by atoms with van der Waals surface area (Å²) in [4.78, 5) is 4.39. The van der Waals surface area contributed by atoms with Crippen molar-refractivity contribution >= 4 is 0 Å². The highest BCUT2D eigenvalue weighted by atomic mass is 16.5. The smallest absolute Gasteiger partial charge is 0.213 e. The van der Waals surface area contributed by atoms with Gasteiger partial charge in [0.15, 0.2) is 0 Å². The molecule has 0 radical (unpaired) electrons. The molecule has 4 nitrogen and oxygen atoms in total. The van der Waals surface area contributed by atoms with Crippen molar-refractivity contribution in [2.24, 2.45) is 0 Å². The van der Waals surface area contributed by atoms with Gasteiger partial charge in [-0.3, -0.25) is 0 Å². The molecule has 3 heterocycles. The lowest BCUT2D eigenvalue weighted by Crippen LogP contribution is -2.37. The number of nitrogens with zero attached hydrogens (tertiary/aromatic N) is 1. The Morgan fingerprint density at radius 2 is 2.41 bits per heavy atom. The summed E-state index contributed by atoms with van der Waals surface area (Å²) in [6.07, 6.45) is 4.50. The average Bonchev–Trinajstić information content (AvgIpc) is 2.99. The van der Waals surface area contributed by atoms with Crippen LogP contribution in [0.2, 0.25) is 0 Å². The molecule has 0 aliphatic carbocycles. The zero-order chi connectivity index (χ0) is 11.7. The standard InChI is InChI=1S/C13H18N2O2/c1-16-13-4-2-3-9(15-13)8-14-11-7-10-5-6-12(11)17-10/h2-4,10-12,14H,5-8H2,1H3. The Kier molecular flexibility index (Phi) is 2.99. The molecule has 2 fully saturated rings. The number of ether oxygens (including phenoxy) is 2. The summed E-state index contributed by atoms with van der Waals surface area (Å²) in [6, 6.07) is 6.36. The molecule has 0 saturated carbocycles. The third-order valence-corrected chi connectivity index (χ3v) is 3.64. The molecule has 0 amide bonds. The van der Waals surface area contributed by atoms with E-state index in [9.17, 15) is 0 Å². The van der Waals surface area contributed by atoms with E-state index in [1.165, 1.54) is 12.8 Å². The van der Waals surface area contributed by atoms with Gasteiger partial charge in [0.2, 0.25) is 5.88 Å². The van der Waals surface area contributed by atoms with Crippen molar-refractivity contribution in [3.63, 3.8) is 0 Å². The summed E-state index contributed by atoms with van der Waals surface area (Å²) in [6.45, 7) is 0.786. The quantitative estimate of drug-likeness (QED) is 0.857. The lowest BCUT2D eigenvalue weighted by molar-refractivity contribution is 0.0972. The van der Waals surface area contributed by atoms with Crippen molar-refractivity contribution in [3.8, 4) is 5.88 Å².